The van der Waals surface area contributed by atoms with Crippen molar-refractivity contribution in [3.05, 3.63) is 35.1 Å². The fourth-order valence-electron chi connectivity index (χ4n) is 1.30. The van der Waals surface area contributed by atoms with Gasteiger partial charge in [0.1, 0.15) is 5.82 Å². The van der Waals surface area contributed by atoms with Crippen LogP contribution in [0.4, 0.5) is 17.6 Å². The molecule has 6 heteroatoms. The minimum atomic E-state index is -4.24. The molecule has 1 aromatic rings. The normalized spacial score (nSPS) is 11.8. The third kappa shape index (κ3) is 5.14. The van der Waals surface area contributed by atoms with E-state index in [2.05, 4.69) is 0 Å². The molecular weight excluding hydrogens is 238 g/mol. The lowest BCUT2D eigenvalue weighted by Gasteiger charge is -2.10. The van der Waals surface area contributed by atoms with Crippen LogP contribution in [0.25, 0.3) is 0 Å². The van der Waals surface area contributed by atoms with E-state index in [0.29, 0.717) is 11.1 Å². The van der Waals surface area contributed by atoms with Crippen LogP contribution >= 0.6 is 0 Å². The van der Waals surface area contributed by atoms with Crippen molar-refractivity contribution in [1.82, 2.24) is 0 Å². The van der Waals surface area contributed by atoms with Gasteiger partial charge in [0.05, 0.1) is 19.6 Å². The second-order valence-electron chi connectivity index (χ2n) is 3.53. The SMILES string of the molecule is NCc1ccc(F)cc1COCCC(F)(F)F. The average Bonchev–Trinajstić information content (AvgIpc) is 2.23. The Morgan fingerprint density at radius 3 is 2.47 bits per heavy atom. The second-order valence-corrected chi connectivity index (χ2v) is 3.53. The van der Waals surface area contributed by atoms with Crippen LogP contribution in [0.3, 0.4) is 0 Å². The summed E-state index contributed by atoms with van der Waals surface area (Å²) in [5.41, 5.74) is 6.56. The molecule has 0 fully saturated rings. The highest BCUT2D eigenvalue weighted by Gasteiger charge is 2.26. The van der Waals surface area contributed by atoms with Gasteiger partial charge in [0.25, 0.3) is 0 Å². The maximum Gasteiger partial charge on any atom is 0.391 e. The molecule has 17 heavy (non-hydrogen) atoms. The molecule has 0 saturated heterocycles. The van der Waals surface area contributed by atoms with Crippen molar-refractivity contribution in [2.75, 3.05) is 6.61 Å². The maximum absolute atomic E-state index is 12.9. The number of hydrogen-bond acceptors (Lipinski definition) is 2. The largest absolute Gasteiger partial charge is 0.391 e. The van der Waals surface area contributed by atoms with Gasteiger partial charge >= 0.3 is 6.18 Å². The van der Waals surface area contributed by atoms with Crippen molar-refractivity contribution in [2.24, 2.45) is 5.73 Å². The predicted molar refractivity (Wildman–Crippen MR) is 54.6 cm³/mol. The van der Waals surface area contributed by atoms with Crippen LogP contribution in [0.2, 0.25) is 0 Å². The van der Waals surface area contributed by atoms with Crippen molar-refractivity contribution in [1.29, 1.82) is 0 Å². The minimum absolute atomic E-state index is 0.0691. The van der Waals surface area contributed by atoms with E-state index in [4.69, 9.17) is 10.5 Å². The lowest BCUT2D eigenvalue weighted by atomic mass is 10.1. The summed E-state index contributed by atoms with van der Waals surface area (Å²) in [5.74, 6) is -0.461. The first-order valence-corrected chi connectivity index (χ1v) is 5.04. The zero-order valence-electron chi connectivity index (χ0n) is 9.06. The number of rotatable bonds is 5. The van der Waals surface area contributed by atoms with Gasteiger partial charge in [-0.25, -0.2) is 4.39 Å². The fraction of sp³-hybridized carbons (Fsp3) is 0.455. The van der Waals surface area contributed by atoms with Crippen molar-refractivity contribution >= 4 is 0 Å². The molecule has 0 heterocycles. The van der Waals surface area contributed by atoms with Crippen molar-refractivity contribution < 1.29 is 22.3 Å². The first-order chi connectivity index (χ1) is 7.92. The van der Waals surface area contributed by atoms with Gasteiger partial charge in [-0.1, -0.05) is 6.07 Å². The van der Waals surface area contributed by atoms with Gasteiger partial charge in [-0.3, -0.25) is 0 Å². The van der Waals surface area contributed by atoms with Gasteiger partial charge < -0.3 is 10.5 Å². The zero-order chi connectivity index (χ0) is 12.9. The van der Waals surface area contributed by atoms with Crippen LogP contribution in [0.1, 0.15) is 17.5 Å². The van der Waals surface area contributed by atoms with E-state index in [9.17, 15) is 17.6 Å². The molecule has 0 aliphatic rings. The Balaban J connectivity index is 2.48. The van der Waals surface area contributed by atoms with Gasteiger partial charge in [-0.05, 0) is 23.3 Å². The first kappa shape index (κ1) is 13.9. The molecule has 0 unspecified atom stereocenters. The van der Waals surface area contributed by atoms with Crippen LogP contribution in [-0.4, -0.2) is 12.8 Å². The third-order valence-electron chi connectivity index (χ3n) is 2.18. The summed E-state index contributed by atoms with van der Waals surface area (Å²) in [6.45, 7) is -0.317. The van der Waals surface area contributed by atoms with E-state index in [1.54, 1.807) is 0 Å². The topological polar surface area (TPSA) is 35.2 Å². The quantitative estimate of drug-likeness (QED) is 0.645. The van der Waals surface area contributed by atoms with Gasteiger partial charge in [0, 0.05) is 6.54 Å². The molecule has 0 aromatic heterocycles. The monoisotopic (exact) mass is 251 g/mol. The van der Waals surface area contributed by atoms with Crippen LogP contribution in [-0.2, 0) is 17.9 Å². The van der Waals surface area contributed by atoms with Crippen LogP contribution in [0.5, 0.6) is 0 Å². The molecule has 0 bridgehead atoms. The molecule has 0 atom stereocenters. The fourth-order valence-corrected chi connectivity index (χ4v) is 1.30. The molecule has 0 saturated carbocycles. The highest BCUT2D eigenvalue weighted by molar-refractivity contribution is 5.27. The van der Waals surface area contributed by atoms with Gasteiger partial charge in [0.15, 0.2) is 0 Å². The maximum atomic E-state index is 12.9. The summed E-state index contributed by atoms with van der Waals surface area (Å²) in [7, 11) is 0. The summed E-state index contributed by atoms with van der Waals surface area (Å²) >= 11 is 0. The van der Waals surface area contributed by atoms with Crippen LogP contribution in [0.15, 0.2) is 18.2 Å². The van der Waals surface area contributed by atoms with Gasteiger partial charge in [-0.15, -0.1) is 0 Å². The Labute approximate surface area is 96.4 Å². The van der Waals surface area contributed by atoms with Crippen LogP contribution in [0, 0.1) is 5.82 Å². The van der Waals surface area contributed by atoms with E-state index in [0.717, 1.165) is 0 Å². The minimum Gasteiger partial charge on any atom is -0.376 e. The number of benzene rings is 1. The molecule has 0 radical (unpaired) electrons. The Morgan fingerprint density at radius 1 is 1.18 bits per heavy atom. The Kier molecular flexibility index (Phi) is 4.89. The lowest BCUT2D eigenvalue weighted by Crippen LogP contribution is -2.12. The predicted octanol–water partition coefficient (Wildman–Crippen LogP) is 2.75. The molecule has 0 aliphatic heterocycles. The lowest BCUT2D eigenvalue weighted by molar-refractivity contribution is -0.146. The smallest absolute Gasteiger partial charge is 0.376 e. The Morgan fingerprint density at radius 2 is 1.88 bits per heavy atom. The average molecular weight is 251 g/mol. The summed E-state index contributed by atoms with van der Waals surface area (Å²) in [6, 6.07) is 3.97. The number of halogens is 4. The van der Waals surface area contributed by atoms with E-state index < -0.39 is 25.0 Å². The third-order valence-corrected chi connectivity index (χ3v) is 2.18. The number of hydrogen-bond donors (Lipinski definition) is 1. The summed E-state index contributed by atoms with van der Waals surface area (Å²) in [5, 5.41) is 0. The molecule has 0 spiro atoms. The summed E-state index contributed by atoms with van der Waals surface area (Å²) < 4.78 is 53.2. The first-order valence-electron chi connectivity index (χ1n) is 5.04. The molecule has 96 valence electrons. The Bertz CT molecular complexity index is 365. The standard InChI is InChI=1S/C11H13F4NO/c12-10-2-1-8(6-16)9(5-10)7-17-4-3-11(13,14)15/h1-2,5H,3-4,6-7,16H2. The number of alkyl halides is 3. The molecule has 0 aliphatic carbocycles. The van der Waals surface area contributed by atoms with E-state index in [1.807, 2.05) is 0 Å². The molecular formula is C11H13F4NO. The van der Waals surface area contributed by atoms with E-state index >= 15 is 0 Å². The van der Waals surface area contributed by atoms with Gasteiger partial charge in [-0.2, -0.15) is 13.2 Å². The summed E-state index contributed by atoms with van der Waals surface area (Å²) in [4.78, 5) is 0. The van der Waals surface area contributed by atoms with Crippen molar-refractivity contribution in [3.63, 3.8) is 0 Å². The number of nitrogens with two attached hydrogens (primary N) is 1. The zero-order valence-corrected chi connectivity index (χ0v) is 9.06. The molecule has 1 rings (SSSR count). The molecule has 2 N–H and O–H groups in total. The molecule has 2 nitrogen and oxygen atoms in total. The molecule has 1 aromatic carbocycles. The highest BCUT2D eigenvalue weighted by Crippen LogP contribution is 2.19. The summed E-state index contributed by atoms with van der Waals surface area (Å²) in [6.07, 6.45) is -5.25. The Hall–Kier alpha value is -1.14. The van der Waals surface area contributed by atoms with E-state index in [-0.39, 0.29) is 13.2 Å². The second kappa shape index (κ2) is 5.97. The van der Waals surface area contributed by atoms with Crippen molar-refractivity contribution in [2.45, 2.75) is 25.7 Å². The highest BCUT2D eigenvalue weighted by atomic mass is 19.4. The molecule has 0 amide bonds. The van der Waals surface area contributed by atoms with E-state index in [1.165, 1.54) is 18.2 Å². The van der Waals surface area contributed by atoms with Gasteiger partial charge in [0.2, 0.25) is 0 Å². The van der Waals surface area contributed by atoms with Crippen molar-refractivity contribution in [3.8, 4) is 0 Å². The van der Waals surface area contributed by atoms with Crippen LogP contribution < -0.4 is 5.73 Å². The number of ether oxygens (including phenoxy) is 1.